The summed E-state index contributed by atoms with van der Waals surface area (Å²) in [4.78, 5) is 17.1. The Kier molecular flexibility index (Phi) is 5.56. The van der Waals surface area contributed by atoms with Gasteiger partial charge in [0.15, 0.2) is 5.13 Å². The van der Waals surface area contributed by atoms with E-state index < -0.39 is 23.1 Å². The molecule has 0 radical (unpaired) electrons. The molecule has 0 saturated carbocycles. The van der Waals surface area contributed by atoms with Crippen LogP contribution >= 0.6 is 11.3 Å². The van der Waals surface area contributed by atoms with E-state index >= 15 is 0 Å². The minimum Gasteiger partial charge on any atom is -0.301 e. The van der Waals surface area contributed by atoms with Crippen molar-refractivity contribution in [3.8, 4) is 0 Å². The van der Waals surface area contributed by atoms with Crippen molar-refractivity contribution in [1.29, 1.82) is 0 Å². The Morgan fingerprint density at radius 2 is 1.61 bits per heavy atom. The number of rotatable bonds is 5. The molecule has 146 valence electrons. The van der Waals surface area contributed by atoms with Gasteiger partial charge in [0.1, 0.15) is 0 Å². The Hall–Kier alpha value is -2.67. The van der Waals surface area contributed by atoms with Crippen LogP contribution in [0.2, 0.25) is 0 Å². The number of carbonyl (C=O) groups is 1. The van der Waals surface area contributed by atoms with Crippen molar-refractivity contribution in [1.82, 2.24) is 4.98 Å². The molecule has 3 rings (SSSR count). The molecular formula is C21H19F3N2OS. The van der Waals surface area contributed by atoms with Gasteiger partial charge in [-0.2, -0.15) is 13.2 Å². The van der Waals surface area contributed by atoms with Crippen molar-refractivity contribution < 1.29 is 18.0 Å². The predicted octanol–water partition coefficient (Wildman–Crippen LogP) is 5.96. The number of hydrogen-bond acceptors (Lipinski definition) is 3. The molecule has 1 amide bonds. The summed E-state index contributed by atoms with van der Waals surface area (Å²) in [6.45, 7) is 3.57. The van der Waals surface area contributed by atoms with Gasteiger partial charge in [0.2, 0.25) is 5.91 Å². The lowest BCUT2D eigenvalue weighted by atomic mass is 9.70. The van der Waals surface area contributed by atoms with E-state index in [1.807, 2.05) is 30.3 Å². The van der Waals surface area contributed by atoms with Gasteiger partial charge in [-0.1, -0.05) is 56.3 Å². The van der Waals surface area contributed by atoms with Crippen LogP contribution in [0.5, 0.6) is 0 Å². The number of aromatic nitrogens is 1. The molecule has 0 aliphatic carbocycles. The zero-order valence-electron chi connectivity index (χ0n) is 15.3. The van der Waals surface area contributed by atoms with Gasteiger partial charge in [0.25, 0.3) is 0 Å². The molecule has 0 spiro atoms. The first-order valence-electron chi connectivity index (χ1n) is 8.62. The summed E-state index contributed by atoms with van der Waals surface area (Å²) in [6.07, 6.45) is -2.81. The highest BCUT2D eigenvalue weighted by molar-refractivity contribution is 7.13. The number of alkyl halides is 3. The van der Waals surface area contributed by atoms with E-state index in [4.69, 9.17) is 0 Å². The van der Waals surface area contributed by atoms with Crippen LogP contribution in [0.1, 0.15) is 36.5 Å². The fourth-order valence-corrected chi connectivity index (χ4v) is 3.73. The van der Waals surface area contributed by atoms with Crippen molar-refractivity contribution in [3.63, 3.8) is 0 Å². The Morgan fingerprint density at radius 1 is 1.00 bits per heavy atom. The molecular weight excluding hydrogens is 385 g/mol. The molecule has 3 nitrogen and oxygen atoms in total. The smallest absolute Gasteiger partial charge is 0.301 e. The van der Waals surface area contributed by atoms with Crippen LogP contribution in [0.25, 0.3) is 0 Å². The van der Waals surface area contributed by atoms with E-state index in [1.165, 1.54) is 23.5 Å². The van der Waals surface area contributed by atoms with Gasteiger partial charge in [-0.25, -0.2) is 4.98 Å². The van der Waals surface area contributed by atoms with Gasteiger partial charge in [0, 0.05) is 17.5 Å². The summed E-state index contributed by atoms with van der Waals surface area (Å²) in [6, 6.07) is 14.3. The highest BCUT2D eigenvalue weighted by Crippen LogP contribution is 2.42. The quantitative estimate of drug-likeness (QED) is 0.570. The molecule has 28 heavy (non-hydrogen) atoms. The zero-order chi connectivity index (χ0) is 20.4. The second-order valence-electron chi connectivity index (χ2n) is 6.98. The van der Waals surface area contributed by atoms with Gasteiger partial charge in [-0.3, -0.25) is 4.79 Å². The van der Waals surface area contributed by atoms with Crippen LogP contribution < -0.4 is 5.32 Å². The average molecular weight is 404 g/mol. The Balaban J connectivity index is 2.01. The highest BCUT2D eigenvalue weighted by atomic mass is 32.1. The largest absolute Gasteiger partial charge is 0.416 e. The number of thiazole rings is 1. The number of benzene rings is 2. The maximum absolute atomic E-state index is 13.0. The van der Waals surface area contributed by atoms with E-state index in [2.05, 4.69) is 10.3 Å². The van der Waals surface area contributed by atoms with Crippen molar-refractivity contribution in [2.24, 2.45) is 5.41 Å². The minimum absolute atomic E-state index is 0.254. The second-order valence-corrected chi connectivity index (χ2v) is 7.87. The number of halogens is 3. The summed E-state index contributed by atoms with van der Waals surface area (Å²) in [7, 11) is 0. The summed E-state index contributed by atoms with van der Waals surface area (Å²) in [5, 5.41) is 5.05. The third-order valence-electron chi connectivity index (χ3n) is 4.66. The fraction of sp³-hybridized carbons (Fsp3) is 0.238. The maximum atomic E-state index is 13.0. The van der Waals surface area contributed by atoms with Crippen LogP contribution in [0.3, 0.4) is 0 Å². The van der Waals surface area contributed by atoms with Crippen molar-refractivity contribution in [2.45, 2.75) is 25.9 Å². The minimum atomic E-state index is -4.40. The lowest BCUT2D eigenvalue weighted by Gasteiger charge is -2.34. The first-order chi connectivity index (χ1) is 13.2. The summed E-state index contributed by atoms with van der Waals surface area (Å²) < 4.78 is 38.8. The number of nitrogens with one attached hydrogen (secondary N) is 1. The predicted molar refractivity (Wildman–Crippen MR) is 104 cm³/mol. The molecule has 0 bridgehead atoms. The third kappa shape index (κ3) is 4.25. The van der Waals surface area contributed by atoms with E-state index in [0.29, 0.717) is 10.7 Å². The SMILES string of the molecule is CC(C)(C(=O)Nc1nccs1)C(c1ccccc1)c1ccc(C(F)(F)F)cc1. The van der Waals surface area contributed by atoms with Crippen molar-refractivity contribution in [3.05, 3.63) is 82.9 Å². The molecule has 0 aliphatic heterocycles. The Bertz CT molecular complexity index is 921. The monoisotopic (exact) mass is 404 g/mol. The molecule has 3 aromatic rings. The lowest BCUT2D eigenvalue weighted by Crippen LogP contribution is -2.37. The Morgan fingerprint density at radius 3 is 2.14 bits per heavy atom. The van der Waals surface area contributed by atoms with Gasteiger partial charge in [-0.05, 0) is 23.3 Å². The molecule has 0 saturated heterocycles. The first-order valence-corrected chi connectivity index (χ1v) is 9.50. The zero-order valence-corrected chi connectivity index (χ0v) is 16.1. The Labute approximate surface area is 165 Å². The molecule has 1 unspecified atom stereocenters. The van der Waals surface area contributed by atoms with Crippen LogP contribution in [0, 0.1) is 5.41 Å². The van der Waals surface area contributed by atoms with Crippen molar-refractivity contribution >= 4 is 22.4 Å². The highest BCUT2D eigenvalue weighted by Gasteiger charge is 2.39. The van der Waals surface area contributed by atoms with Crippen LogP contribution in [-0.4, -0.2) is 10.9 Å². The first kappa shape index (κ1) is 20.1. The van der Waals surface area contributed by atoms with Gasteiger partial charge in [0.05, 0.1) is 11.0 Å². The van der Waals surface area contributed by atoms with Crippen LogP contribution in [0.15, 0.2) is 66.2 Å². The lowest BCUT2D eigenvalue weighted by molar-refractivity contribution is -0.137. The summed E-state index contributed by atoms with van der Waals surface area (Å²) >= 11 is 1.31. The number of amides is 1. The van der Waals surface area contributed by atoms with Crippen LogP contribution in [-0.2, 0) is 11.0 Å². The number of anilines is 1. The third-order valence-corrected chi connectivity index (χ3v) is 5.35. The molecule has 1 N–H and O–H groups in total. The average Bonchev–Trinajstić information content (AvgIpc) is 3.15. The molecule has 1 heterocycles. The number of hydrogen-bond donors (Lipinski definition) is 1. The molecule has 1 atom stereocenters. The molecule has 0 aliphatic rings. The molecule has 0 fully saturated rings. The number of carbonyl (C=O) groups excluding carboxylic acids is 1. The van der Waals surface area contributed by atoms with Crippen LogP contribution in [0.4, 0.5) is 18.3 Å². The molecule has 1 aromatic heterocycles. The van der Waals surface area contributed by atoms with Crippen molar-refractivity contribution in [2.75, 3.05) is 5.32 Å². The second kappa shape index (κ2) is 7.75. The van der Waals surface area contributed by atoms with E-state index in [9.17, 15) is 18.0 Å². The standard InChI is InChI=1S/C21H19F3N2OS/c1-20(2,18(27)26-19-25-12-13-28-19)17(14-6-4-3-5-7-14)15-8-10-16(11-9-15)21(22,23)24/h3-13,17H,1-2H3,(H,25,26,27). The molecule has 2 aromatic carbocycles. The van der Waals surface area contributed by atoms with Gasteiger partial charge in [-0.15, -0.1) is 11.3 Å². The molecule has 7 heteroatoms. The van der Waals surface area contributed by atoms with Gasteiger partial charge < -0.3 is 5.32 Å². The van der Waals surface area contributed by atoms with E-state index in [0.717, 1.165) is 17.7 Å². The maximum Gasteiger partial charge on any atom is 0.416 e. The number of nitrogens with zero attached hydrogens (tertiary/aromatic N) is 1. The van der Waals surface area contributed by atoms with Gasteiger partial charge >= 0.3 is 6.18 Å². The topological polar surface area (TPSA) is 42.0 Å². The fourth-order valence-electron chi connectivity index (χ4n) is 3.21. The normalized spacial score (nSPS) is 13.2. The summed E-state index contributed by atoms with van der Waals surface area (Å²) in [5.41, 5.74) is -0.166. The van der Waals surface area contributed by atoms with E-state index in [-0.39, 0.29) is 5.91 Å². The van der Waals surface area contributed by atoms with E-state index in [1.54, 1.807) is 25.4 Å². The summed E-state index contributed by atoms with van der Waals surface area (Å²) in [5.74, 6) is -0.688.